The maximum atomic E-state index is 11.7. The fourth-order valence-corrected chi connectivity index (χ4v) is 1.87. The van der Waals surface area contributed by atoms with Crippen molar-refractivity contribution in [1.29, 1.82) is 0 Å². The van der Waals surface area contributed by atoms with Crippen molar-refractivity contribution in [1.82, 2.24) is 5.32 Å². The summed E-state index contributed by atoms with van der Waals surface area (Å²) in [5, 5.41) is 4.33. The highest BCUT2D eigenvalue weighted by Gasteiger charge is 2.10. The minimum atomic E-state index is -0.0574. The number of carbonyl (C=O) groups is 1. The molecular formula is C11H13BrClNO. The van der Waals surface area contributed by atoms with E-state index < -0.39 is 0 Å². The Kier molecular flexibility index (Phi) is 5.12. The monoisotopic (exact) mass is 289 g/mol. The molecule has 0 bridgehead atoms. The van der Waals surface area contributed by atoms with Crippen LogP contribution in [0, 0.1) is 0 Å². The molecule has 82 valence electrons. The van der Waals surface area contributed by atoms with Gasteiger partial charge in [0.25, 0.3) is 5.91 Å². The van der Waals surface area contributed by atoms with E-state index in [1.165, 1.54) is 0 Å². The Hall–Kier alpha value is -0.540. The fourth-order valence-electron chi connectivity index (χ4n) is 1.12. The van der Waals surface area contributed by atoms with E-state index in [1.54, 1.807) is 24.3 Å². The Balaban J connectivity index is 2.64. The van der Waals surface area contributed by atoms with Gasteiger partial charge in [-0.25, -0.2) is 0 Å². The molecule has 2 nitrogen and oxygen atoms in total. The van der Waals surface area contributed by atoms with Gasteiger partial charge in [0.1, 0.15) is 0 Å². The molecule has 0 aliphatic carbocycles. The lowest BCUT2D eigenvalue weighted by molar-refractivity contribution is 0.0940. The zero-order valence-electron chi connectivity index (χ0n) is 8.47. The summed E-state index contributed by atoms with van der Waals surface area (Å²) >= 11 is 9.09. The van der Waals surface area contributed by atoms with Crippen molar-refractivity contribution in [3.63, 3.8) is 0 Å². The molecule has 0 aromatic heterocycles. The highest BCUT2D eigenvalue weighted by molar-refractivity contribution is 9.09. The lowest BCUT2D eigenvalue weighted by atomic mass is 10.2. The van der Waals surface area contributed by atoms with Crippen molar-refractivity contribution in [2.24, 2.45) is 0 Å². The number of hydrogen-bond donors (Lipinski definition) is 1. The molecule has 0 spiro atoms. The second kappa shape index (κ2) is 6.13. The third-order valence-corrected chi connectivity index (χ3v) is 3.15. The van der Waals surface area contributed by atoms with E-state index in [0.717, 1.165) is 11.8 Å². The number of nitrogens with one attached hydrogen (secondary N) is 1. The first-order valence-electron chi connectivity index (χ1n) is 4.79. The normalized spacial score (nSPS) is 12.2. The number of alkyl halides is 1. The predicted octanol–water partition coefficient (Wildman–Crippen LogP) is 3.24. The number of rotatable bonds is 4. The maximum Gasteiger partial charge on any atom is 0.251 e. The van der Waals surface area contributed by atoms with Crippen LogP contribution in [0.4, 0.5) is 0 Å². The van der Waals surface area contributed by atoms with Crippen LogP contribution in [0.1, 0.15) is 23.7 Å². The van der Waals surface area contributed by atoms with Crippen molar-refractivity contribution in [3.8, 4) is 0 Å². The van der Waals surface area contributed by atoms with Gasteiger partial charge in [0.2, 0.25) is 0 Å². The second-order valence-electron chi connectivity index (χ2n) is 3.24. The summed E-state index contributed by atoms with van der Waals surface area (Å²) in [5.74, 6) is -0.0574. The molecule has 1 atom stereocenters. The molecule has 0 aliphatic rings. The Morgan fingerprint density at radius 2 is 2.07 bits per heavy atom. The van der Waals surface area contributed by atoms with Gasteiger partial charge in [0.05, 0.1) is 0 Å². The number of carbonyl (C=O) groups excluding carboxylic acids is 1. The molecule has 0 heterocycles. The van der Waals surface area contributed by atoms with E-state index in [9.17, 15) is 4.79 Å². The Morgan fingerprint density at radius 1 is 1.47 bits per heavy atom. The number of halogens is 2. The topological polar surface area (TPSA) is 29.1 Å². The van der Waals surface area contributed by atoms with Crippen molar-refractivity contribution >= 4 is 33.4 Å². The Labute approximate surface area is 103 Å². The molecule has 1 unspecified atom stereocenters. The Morgan fingerprint density at radius 3 is 2.53 bits per heavy atom. The van der Waals surface area contributed by atoms with Crippen LogP contribution in [0.2, 0.25) is 5.02 Å². The van der Waals surface area contributed by atoms with Gasteiger partial charge < -0.3 is 5.32 Å². The predicted molar refractivity (Wildman–Crippen MR) is 66.8 cm³/mol. The van der Waals surface area contributed by atoms with Crippen molar-refractivity contribution in [2.75, 3.05) is 5.33 Å². The molecule has 0 fully saturated rings. The van der Waals surface area contributed by atoms with Gasteiger partial charge in [-0.1, -0.05) is 34.5 Å². The molecule has 1 aromatic carbocycles. The second-order valence-corrected chi connectivity index (χ2v) is 4.32. The largest absolute Gasteiger partial charge is 0.348 e. The molecule has 15 heavy (non-hydrogen) atoms. The lowest BCUT2D eigenvalue weighted by Gasteiger charge is -2.13. The van der Waals surface area contributed by atoms with Crippen molar-refractivity contribution in [3.05, 3.63) is 34.9 Å². The summed E-state index contributed by atoms with van der Waals surface area (Å²) in [6, 6.07) is 7.04. The first-order chi connectivity index (χ1) is 7.17. The van der Waals surface area contributed by atoms with E-state index in [2.05, 4.69) is 21.2 Å². The van der Waals surface area contributed by atoms with Crippen molar-refractivity contribution in [2.45, 2.75) is 19.4 Å². The smallest absolute Gasteiger partial charge is 0.251 e. The highest BCUT2D eigenvalue weighted by atomic mass is 79.9. The molecule has 1 N–H and O–H groups in total. The van der Waals surface area contributed by atoms with Crippen LogP contribution < -0.4 is 5.32 Å². The SMILES string of the molecule is CCC(CBr)NC(=O)c1ccc(Cl)cc1. The van der Waals surface area contributed by atoms with Crippen molar-refractivity contribution < 1.29 is 4.79 Å². The fraction of sp³-hybridized carbons (Fsp3) is 0.364. The lowest BCUT2D eigenvalue weighted by Crippen LogP contribution is -2.35. The zero-order valence-corrected chi connectivity index (χ0v) is 10.8. The quantitative estimate of drug-likeness (QED) is 0.848. The third kappa shape index (κ3) is 3.84. The first-order valence-corrected chi connectivity index (χ1v) is 6.29. The van der Waals surface area contributed by atoms with Gasteiger partial charge in [0, 0.05) is 22.0 Å². The van der Waals surface area contributed by atoms with Crippen LogP contribution in [0.5, 0.6) is 0 Å². The summed E-state index contributed by atoms with van der Waals surface area (Å²) in [5.41, 5.74) is 0.638. The van der Waals surface area contributed by atoms with Gasteiger partial charge in [0.15, 0.2) is 0 Å². The van der Waals surface area contributed by atoms with E-state index in [1.807, 2.05) is 6.92 Å². The van der Waals surface area contributed by atoms with Crippen LogP contribution in [0.3, 0.4) is 0 Å². The summed E-state index contributed by atoms with van der Waals surface area (Å²) in [4.78, 5) is 11.7. The maximum absolute atomic E-state index is 11.7. The minimum absolute atomic E-state index is 0.0574. The van der Waals surface area contributed by atoms with E-state index in [4.69, 9.17) is 11.6 Å². The molecule has 0 saturated carbocycles. The molecule has 0 radical (unpaired) electrons. The number of amides is 1. The van der Waals surface area contributed by atoms with E-state index in [0.29, 0.717) is 10.6 Å². The number of hydrogen-bond acceptors (Lipinski definition) is 1. The first kappa shape index (κ1) is 12.5. The van der Waals surface area contributed by atoms with Gasteiger partial charge in [-0.3, -0.25) is 4.79 Å². The summed E-state index contributed by atoms with van der Waals surface area (Å²) in [7, 11) is 0. The molecule has 1 rings (SSSR count). The average molecular weight is 291 g/mol. The van der Waals surface area contributed by atoms with Gasteiger partial charge >= 0.3 is 0 Å². The van der Waals surface area contributed by atoms with Crippen LogP contribution in [-0.4, -0.2) is 17.3 Å². The zero-order chi connectivity index (χ0) is 11.3. The molecule has 0 saturated heterocycles. The molecular weight excluding hydrogens is 277 g/mol. The van der Waals surface area contributed by atoms with Gasteiger partial charge in [-0.15, -0.1) is 0 Å². The summed E-state index contributed by atoms with van der Waals surface area (Å²) < 4.78 is 0. The molecule has 0 aliphatic heterocycles. The van der Waals surface area contributed by atoms with Gasteiger partial charge in [-0.2, -0.15) is 0 Å². The summed E-state index contributed by atoms with van der Waals surface area (Å²) in [6.07, 6.45) is 0.907. The standard InChI is InChI=1S/C11H13BrClNO/c1-2-10(7-12)14-11(15)8-3-5-9(13)6-4-8/h3-6,10H,2,7H2,1H3,(H,14,15). The van der Waals surface area contributed by atoms with Crippen LogP contribution in [-0.2, 0) is 0 Å². The third-order valence-electron chi connectivity index (χ3n) is 2.12. The average Bonchev–Trinajstić information content (AvgIpc) is 2.26. The highest BCUT2D eigenvalue weighted by Crippen LogP contribution is 2.09. The van der Waals surface area contributed by atoms with Gasteiger partial charge in [-0.05, 0) is 30.7 Å². The van der Waals surface area contributed by atoms with E-state index >= 15 is 0 Å². The van der Waals surface area contributed by atoms with Crippen LogP contribution in [0.15, 0.2) is 24.3 Å². The minimum Gasteiger partial charge on any atom is -0.348 e. The Bertz CT molecular complexity index is 322. The summed E-state index contributed by atoms with van der Waals surface area (Å²) in [6.45, 7) is 2.04. The molecule has 1 amide bonds. The van der Waals surface area contributed by atoms with Crippen LogP contribution in [0.25, 0.3) is 0 Å². The number of benzene rings is 1. The molecule has 4 heteroatoms. The van der Waals surface area contributed by atoms with Crippen LogP contribution >= 0.6 is 27.5 Å². The molecule has 1 aromatic rings. The van der Waals surface area contributed by atoms with E-state index in [-0.39, 0.29) is 11.9 Å².